The summed E-state index contributed by atoms with van der Waals surface area (Å²) in [7, 11) is 0. The van der Waals surface area contributed by atoms with Crippen LogP contribution in [0.15, 0.2) is 29.3 Å². The molecule has 1 aliphatic rings. The van der Waals surface area contributed by atoms with Gasteiger partial charge in [0.25, 0.3) is 0 Å². The van der Waals surface area contributed by atoms with E-state index in [1.165, 1.54) is 11.1 Å². The summed E-state index contributed by atoms with van der Waals surface area (Å²) in [5, 5.41) is 17.0. The molecule has 1 atom stereocenters. The van der Waals surface area contributed by atoms with Crippen LogP contribution in [0.2, 0.25) is 0 Å². The Kier molecular flexibility index (Phi) is 10.3. The van der Waals surface area contributed by atoms with Crippen LogP contribution >= 0.6 is 0 Å². The molecule has 1 aromatic rings. The SMILES string of the molecule is CCNC(=NCC(O)CN1CCc2ccccc2C1)NCCCOCC(C)C. The molecule has 0 radical (unpaired) electrons. The lowest BCUT2D eigenvalue weighted by Crippen LogP contribution is -2.40. The van der Waals surface area contributed by atoms with E-state index in [4.69, 9.17) is 4.74 Å². The average Bonchev–Trinajstić information content (AvgIpc) is 2.68. The maximum absolute atomic E-state index is 10.4. The van der Waals surface area contributed by atoms with E-state index in [1.807, 2.05) is 6.92 Å². The van der Waals surface area contributed by atoms with Crippen LogP contribution in [0, 0.1) is 5.92 Å². The highest BCUT2D eigenvalue weighted by atomic mass is 16.5. The molecule has 1 aromatic carbocycles. The van der Waals surface area contributed by atoms with Crippen LogP contribution in [0.25, 0.3) is 0 Å². The van der Waals surface area contributed by atoms with Crippen molar-refractivity contribution in [3.63, 3.8) is 0 Å². The van der Waals surface area contributed by atoms with E-state index in [0.717, 1.165) is 58.2 Å². The van der Waals surface area contributed by atoms with Gasteiger partial charge in [-0.3, -0.25) is 9.89 Å². The fourth-order valence-corrected chi connectivity index (χ4v) is 3.30. The smallest absolute Gasteiger partial charge is 0.191 e. The van der Waals surface area contributed by atoms with E-state index >= 15 is 0 Å². The molecule has 2 rings (SSSR count). The third kappa shape index (κ3) is 8.59. The molecule has 0 bridgehead atoms. The van der Waals surface area contributed by atoms with Crippen LogP contribution in [0.4, 0.5) is 0 Å². The van der Waals surface area contributed by atoms with Gasteiger partial charge >= 0.3 is 0 Å². The molecule has 0 fully saturated rings. The van der Waals surface area contributed by atoms with Crippen LogP contribution in [-0.4, -0.2) is 68.0 Å². The number of nitrogens with one attached hydrogen (secondary N) is 2. The van der Waals surface area contributed by atoms with Crippen molar-refractivity contribution in [3.05, 3.63) is 35.4 Å². The Bertz CT molecular complexity index is 592. The summed E-state index contributed by atoms with van der Waals surface area (Å²) >= 11 is 0. The van der Waals surface area contributed by atoms with Crippen molar-refractivity contribution in [2.24, 2.45) is 10.9 Å². The van der Waals surface area contributed by atoms with E-state index in [9.17, 15) is 5.11 Å². The van der Waals surface area contributed by atoms with Gasteiger partial charge < -0.3 is 20.5 Å². The van der Waals surface area contributed by atoms with Crippen molar-refractivity contribution >= 4 is 5.96 Å². The predicted octanol–water partition coefficient (Wildman–Crippen LogP) is 2.02. The van der Waals surface area contributed by atoms with Crippen molar-refractivity contribution < 1.29 is 9.84 Å². The highest BCUT2D eigenvalue weighted by Gasteiger charge is 2.18. The number of rotatable bonds is 11. The van der Waals surface area contributed by atoms with Gasteiger partial charge in [0.05, 0.1) is 12.6 Å². The maximum Gasteiger partial charge on any atom is 0.191 e. The first-order valence-electron chi connectivity index (χ1n) is 10.7. The lowest BCUT2D eigenvalue weighted by atomic mass is 10.00. The third-order valence-corrected chi connectivity index (χ3v) is 4.69. The van der Waals surface area contributed by atoms with Gasteiger partial charge in [0.1, 0.15) is 0 Å². The minimum Gasteiger partial charge on any atom is -0.390 e. The minimum absolute atomic E-state index is 0.400. The summed E-state index contributed by atoms with van der Waals surface area (Å²) in [5.41, 5.74) is 2.81. The average molecular weight is 391 g/mol. The summed E-state index contributed by atoms with van der Waals surface area (Å²) in [6, 6.07) is 8.58. The number of fused-ring (bicyclic) bond motifs is 1. The second-order valence-corrected chi connectivity index (χ2v) is 7.88. The summed E-state index contributed by atoms with van der Waals surface area (Å²) in [4.78, 5) is 6.86. The lowest BCUT2D eigenvalue weighted by molar-refractivity contribution is 0.108. The second-order valence-electron chi connectivity index (χ2n) is 7.88. The number of hydrogen-bond acceptors (Lipinski definition) is 4. The normalized spacial score (nSPS) is 16.1. The van der Waals surface area contributed by atoms with E-state index < -0.39 is 6.10 Å². The topological polar surface area (TPSA) is 69.1 Å². The quantitative estimate of drug-likeness (QED) is 0.306. The first kappa shape index (κ1) is 22.7. The molecule has 0 spiro atoms. The van der Waals surface area contributed by atoms with Gasteiger partial charge in [-0.15, -0.1) is 0 Å². The number of guanidine groups is 1. The van der Waals surface area contributed by atoms with Crippen molar-refractivity contribution in [2.75, 3.05) is 45.9 Å². The van der Waals surface area contributed by atoms with Gasteiger partial charge in [-0.05, 0) is 36.8 Å². The summed E-state index contributed by atoms with van der Waals surface area (Å²) in [6.45, 7) is 12.5. The van der Waals surface area contributed by atoms with Gasteiger partial charge in [-0.1, -0.05) is 38.1 Å². The van der Waals surface area contributed by atoms with Gasteiger partial charge in [-0.25, -0.2) is 0 Å². The maximum atomic E-state index is 10.4. The molecule has 0 saturated heterocycles. The number of aliphatic hydroxyl groups excluding tert-OH is 1. The Balaban J connectivity index is 1.69. The van der Waals surface area contributed by atoms with Crippen molar-refractivity contribution in [1.82, 2.24) is 15.5 Å². The first-order valence-corrected chi connectivity index (χ1v) is 10.7. The number of β-amino-alcohol motifs (C(OH)–C–C–N with tert-alkyl or cyclic N) is 1. The van der Waals surface area contributed by atoms with Gasteiger partial charge in [0.2, 0.25) is 0 Å². The van der Waals surface area contributed by atoms with E-state index in [-0.39, 0.29) is 0 Å². The molecule has 158 valence electrons. The van der Waals surface area contributed by atoms with Gasteiger partial charge in [0, 0.05) is 45.9 Å². The zero-order valence-corrected chi connectivity index (χ0v) is 17.8. The molecule has 0 aliphatic carbocycles. The number of benzene rings is 1. The highest BCUT2D eigenvalue weighted by Crippen LogP contribution is 2.18. The van der Waals surface area contributed by atoms with Crippen LogP contribution in [0.1, 0.15) is 38.3 Å². The molecular formula is C22H38N4O2. The molecule has 0 saturated carbocycles. The van der Waals surface area contributed by atoms with Crippen molar-refractivity contribution in [3.8, 4) is 0 Å². The number of nitrogens with zero attached hydrogens (tertiary/aromatic N) is 2. The molecule has 3 N–H and O–H groups in total. The molecule has 0 amide bonds. The highest BCUT2D eigenvalue weighted by molar-refractivity contribution is 5.79. The van der Waals surface area contributed by atoms with Crippen LogP contribution in [0.5, 0.6) is 0 Å². The van der Waals surface area contributed by atoms with Crippen molar-refractivity contribution in [2.45, 2.75) is 46.3 Å². The Hall–Kier alpha value is -1.63. The standard InChI is InChI=1S/C22H38N4O2/c1-4-23-22(24-11-7-13-28-17-18(2)3)25-14-21(27)16-26-12-10-19-8-5-6-9-20(19)15-26/h5-6,8-9,18,21,27H,4,7,10-17H2,1-3H3,(H2,23,24,25). The van der Waals surface area contributed by atoms with Crippen LogP contribution < -0.4 is 10.6 Å². The third-order valence-electron chi connectivity index (χ3n) is 4.69. The van der Waals surface area contributed by atoms with E-state index in [2.05, 4.69) is 58.6 Å². The van der Waals surface area contributed by atoms with Gasteiger partial charge in [0.15, 0.2) is 5.96 Å². The molecule has 1 unspecified atom stereocenters. The van der Waals surface area contributed by atoms with E-state index in [0.29, 0.717) is 19.0 Å². The molecular weight excluding hydrogens is 352 g/mol. The summed E-state index contributed by atoms with van der Waals surface area (Å²) < 4.78 is 5.60. The number of ether oxygens (including phenoxy) is 1. The predicted molar refractivity (Wildman–Crippen MR) is 116 cm³/mol. The Morgan fingerprint density at radius 2 is 2.04 bits per heavy atom. The Morgan fingerprint density at radius 3 is 2.79 bits per heavy atom. The van der Waals surface area contributed by atoms with Crippen molar-refractivity contribution in [1.29, 1.82) is 0 Å². The lowest BCUT2D eigenvalue weighted by Gasteiger charge is -2.30. The first-order chi connectivity index (χ1) is 13.6. The Labute approximate surface area is 170 Å². The summed E-state index contributed by atoms with van der Waals surface area (Å²) in [5.74, 6) is 1.33. The zero-order valence-electron chi connectivity index (χ0n) is 17.8. The number of aliphatic hydroxyl groups is 1. The second kappa shape index (κ2) is 12.8. The van der Waals surface area contributed by atoms with Gasteiger partial charge in [-0.2, -0.15) is 0 Å². The van der Waals surface area contributed by atoms with Crippen LogP contribution in [0.3, 0.4) is 0 Å². The molecule has 1 heterocycles. The molecule has 1 aliphatic heterocycles. The van der Waals surface area contributed by atoms with E-state index in [1.54, 1.807) is 0 Å². The fraction of sp³-hybridized carbons (Fsp3) is 0.682. The Morgan fingerprint density at radius 1 is 1.25 bits per heavy atom. The summed E-state index contributed by atoms with van der Waals surface area (Å²) in [6.07, 6.45) is 1.53. The molecule has 6 heteroatoms. The fourth-order valence-electron chi connectivity index (χ4n) is 3.30. The minimum atomic E-state index is -0.463. The number of aliphatic imine (C=N–C) groups is 1. The van der Waals surface area contributed by atoms with Crippen LogP contribution in [-0.2, 0) is 17.7 Å². The molecule has 6 nitrogen and oxygen atoms in total. The molecule has 28 heavy (non-hydrogen) atoms. The molecule has 0 aromatic heterocycles. The zero-order chi connectivity index (χ0) is 20.2. The largest absolute Gasteiger partial charge is 0.390 e. The number of hydrogen-bond donors (Lipinski definition) is 3. The monoisotopic (exact) mass is 390 g/mol.